The summed E-state index contributed by atoms with van der Waals surface area (Å²) < 4.78 is 0. The quantitative estimate of drug-likeness (QED) is 0.825. The van der Waals surface area contributed by atoms with E-state index in [1.54, 1.807) is 0 Å². The first-order valence-electron chi connectivity index (χ1n) is 8.19. The van der Waals surface area contributed by atoms with E-state index < -0.39 is 0 Å². The molecule has 4 atom stereocenters. The third kappa shape index (κ3) is 3.27. The van der Waals surface area contributed by atoms with Crippen molar-refractivity contribution >= 4 is 0 Å². The molecule has 2 rings (SSSR count). The molecule has 0 aromatic carbocycles. The molecule has 0 saturated heterocycles. The Kier molecular flexibility index (Phi) is 5.50. The van der Waals surface area contributed by atoms with Crippen LogP contribution in [-0.2, 0) is 0 Å². The van der Waals surface area contributed by atoms with Crippen molar-refractivity contribution in [3.63, 3.8) is 0 Å². The summed E-state index contributed by atoms with van der Waals surface area (Å²) in [5.41, 5.74) is 0. The van der Waals surface area contributed by atoms with Crippen molar-refractivity contribution in [3.05, 3.63) is 0 Å². The molecule has 1 N–H and O–H groups in total. The molecule has 2 heteroatoms. The Morgan fingerprint density at radius 2 is 1.56 bits per heavy atom. The number of rotatable bonds is 4. The first-order valence-corrected chi connectivity index (χ1v) is 8.19. The van der Waals surface area contributed by atoms with Crippen LogP contribution in [0.5, 0.6) is 0 Å². The number of nitrogens with one attached hydrogen (secondary N) is 1. The molecule has 2 fully saturated rings. The standard InChI is InChI=1S/C16H32N2/c1-4-17-14-10-6-8-12-16(14)18(3)15-11-7-5-9-13(15)2/h13-17H,4-12H2,1-3H3. The largest absolute Gasteiger partial charge is 0.313 e. The van der Waals surface area contributed by atoms with Gasteiger partial charge in [-0.05, 0) is 45.2 Å². The van der Waals surface area contributed by atoms with Crippen molar-refractivity contribution in [2.75, 3.05) is 13.6 Å². The highest BCUT2D eigenvalue weighted by molar-refractivity contribution is 4.91. The van der Waals surface area contributed by atoms with E-state index in [-0.39, 0.29) is 0 Å². The molecule has 106 valence electrons. The lowest BCUT2D eigenvalue weighted by atomic mass is 9.82. The summed E-state index contributed by atoms with van der Waals surface area (Å²) in [6, 6.07) is 2.36. The molecule has 0 aliphatic heterocycles. The second-order valence-corrected chi connectivity index (χ2v) is 6.51. The molecule has 0 heterocycles. The van der Waals surface area contributed by atoms with Crippen LogP contribution in [0.4, 0.5) is 0 Å². The van der Waals surface area contributed by atoms with E-state index in [1.165, 1.54) is 51.4 Å². The zero-order valence-corrected chi connectivity index (χ0v) is 12.6. The molecule has 18 heavy (non-hydrogen) atoms. The molecule has 2 aliphatic rings. The summed E-state index contributed by atoms with van der Waals surface area (Å²) in [5.74, 6) is 0.896. The van der Waals surface area contributed by atoms with Crippen LogP contribution >= 0.6 is 0 Å². The van der Waals surface area contributed by atoms with Gasteiger partial charge in [0.2, 0.25) is 0 Å². The molecule has 0 spiro atoms. The fraction of sp³-hybridized carbons (Fsp3) is 1.00. The summed E-state index contributed by atoms with van der Waals surface area (Å²) in [6.45, 7) is 5.83. The van der Waals surface area contributed by atoms with E-state index in [2.05, 4.69) is 31.1 Å². The van der Waals surface area contributed by atoms with E-state index in [4.69, 9.17) is 0 Å². The van der Waals surface area contributed by atoms with Gasteiger partial charge >= 0.3 is 0 Å². The van der Waals surface area contributed by atoms with Gasteiger partial charge in [0.05, 0.1) is 0 Å². The maximum Gasteiger partial charge on any atom is 0.0249 e. The van der Waals surface area contributed by atoms with Gasteiger partial charge < -0.3 is 5.32 Å². The van der Waals surface area contributed by atoms with Gasteiger partial charge in [-0.1, -0.05) is 39.5 Å². The van der Waals surface area contributed by atoms with E-state index in [0.29, 0.717) is 0 Å². The average molecular weight is 252 g/mol. The Morgan fingerprint density at radius 3 is 2.22 bits per heavy atom. The smallest absolute Gasteiger partial charge is 0.0249 e. The van der Waals surface area contributed by atoms with Crippen molar-refractivity contribution < 1.29 is 0 Å². The van der Waals surface area contributed by atoms with Gasteiger partial charge in [-0.25, -0.2) is 0 Å². The van der Waals surface area contributed by atoms with Gasteiger partial charge in [-0.2, -0.15) is 0 Å². The predicted octanol–water partition coefficient (Wildman–Crippen LogP) is 3.42. The summed E-state index contributed by atoms with van der Waals surface area (Å²) >= 11 is 0. The molecule has 0 radical (unpaired) electrons. The first kappa shape index (κ1) is 14.3. The minimum absolute atomic E-state index is 0.739. The van der Waals surface area contributed by atoms with Crippen LogP contribution in [0.3, 0.4) is 0 Å². The van der Waals surface area contributed by atoms with E-state index in [1.807, 2.05) is 0 Å². The molecule has 4 unspecified atom stereocenters. The van der Waals surface area contributed by atoms with Crippen LogP contribution in [0.2, 0.25) is 0 Å². The Hall–Kier alpha value is -0.0800. The van der Waals surface area contributed by atoms with Gasteiger partial charge in [-0.15, -0.1) is 0 Å². The fourth-order valence-electron chi connectivity index (χ4n) is 4.25. The van der Waals surface area contributed by atoms with Crippen molar-refractivity contribution in [1.29, 1.82) is 0 Å². The highest BCUT2D eigenvalue weighted by Gasteiger charge is 2.34. The highest BCUT2D eigenvalue weighted by Crippen LogP contribution is 2.32. The molecule has 2 saturated carbocycles. The maximum atomic E-state index is 3.73. The van der Waals surface area contributed by atoms with Crippen molar-refractivity contribution in [3.8, 4) is 0 Å². The van der Waals surface area contributed by atoms with Crippen molar-refractivity contribution in [2.45, 2.75) is 83.3 Å². The predicted molar refractivity (Wildman–Crippen MR) is 78.9 cm³/mol. The molecule has 2 nitrogen and oxygen atoms in total. The first-order chi connectivity index (χ1) is 8.74. The summed E-state index contributed by atoms with van der Waals surface area (Å²) in [6.07, 6.45) is 11.4. The molecular weight excluding hydrogens is 220 g/mol. The lowest BCUT2D eigenvalue weighted by molar-refractivity contribution is 0.0588. The molecule has 0 aromatic rings. The van der Waals surface area contributed by atoms with Gasteiger partial charge in [0.25, 0.3) is 0 Å². The van der Waals surface area contributed by atoms with E-state index in [0.717, 1.165) is 30.6 Å². The second-order valence-electron chi connectivity index (χ2n) is 6.51. The zero-order chi connectivity index (χ0) is 13.0. The number of likely N-dealkylation sites (N-methyl/N-ethyl adjacent to an activating group) is 2. The summed E-state index contributed by atoms with van der Waals surface area (Å²) in [7, 11) is 2.40. The normalized spacial score (nSPS) is 38.0. The monoisotopic (exact) mass is 252 g/mol. The Morgan fingerprint density at radius 1 is 0.944 bits per heavy atom. The van der Waals surface area contributed by atoms with Gasteiger partial charge in [0.1, 0.15) is 0 Å². The van der Waals surface area contributed by atoms with Gasteiger partial charge in [-0.3, -0.25) is 4.90 Å². The maximum absolute atomic E-state index is 3.73. The van der Waals surface area contributed by atoms with Crippen LogP contribution < -0.4 is 5.32 Å². The minimum Gasteiger partial charge on any atom is -0.313 e. The minimum atomic E-state index is 0.739. The molecular formula is C16H32N2. The lowest BCUT2D eigenvalue weighted by Gasteiger charge is -2.45. The average Bonchev–Trinajstić information content (AvgIpc) is 2.40. The van der Waals surface area contributed by atoms with Crippen LogP contribution in [0.15, 0.2) is 0 Å². The SMILES string of the molecule is CCNC1CCCCC1N(C)C1CCCCC1C. The molecule has 0 aromatic heterocycles. The van der Waals surface area contributed by atoms with Crippen LogP contribution in [-0.4, -0.2) is 36.6 Å². The summed E-state index contributed by atoms with van der Waals surface area (Å²) in [4.78, 5) is 2.75. The molecule has 0 bridgehead atoms. The number of hydrogen-bond acceptors (Lipinski definition) is 2. The third-order valence-corrected chi connectivity index (χ3v) is 5.31. The van der Waals surface area contributed by atoms with Gasteiger partial charge in [0, 0.05) is 18.1 Å². The fourth-order valence-corrected chi connectivity index (χ4v) is 4.25. The van der Waals surface area contributed by atoms with E-state index >= 15 is 0 Å². The third-order valence-electron chi connectivity index (χ3n) is 5.31. The van der Waals surface area contributed by atoms with Gasteiger partial charge in [0.15, 0.2) is 0 Å². The zero-order valence-electron chi connectivity index (χ0n) is 12.6. The topological polar surface area (TPSA) is 15.3 Å². The Balaban J connectivity index is 1.98. The Labute approximate surface area is 114 Å². The number of nitrogens with zero attached hydrogens (tertiary/aromatic N) is 1. The van der Waals surface area contributed by atoms with Crippen molar-refractivity contribution in [2.24, 2.45) is 5.92 Å². The summed E-state index contributed by atoms with van der Waals surface area (Å²) in [5, 5.41) is 3.73. The van der Waals surface area contributed by atoms with Crippen LogP contribution in [0, 0.1) is 5.92 Å². The molecule has 0 amide bonds. The molecule has 2 aliphatic carbocycles. The number of hydrogen-bond donors (Lipinski definition) is 1. The lowest BCUT2D eigenvalue weighted by Crippen LogP contribution is -2.55. The van der Waals surface area contributed by atoms with Crippen LogP contribution in [0.25, 0.3) is 0 Å². The Bertz CT molecular complexity index is 239. The highest BCUT2D eigenvalue weighted by atomic mass is 15.2. The van der Waals surface area contributed by atoms with Crippen molar-refractivity contribution in [1.82, 2.24) is 10.2 Å². The van der Waals surface area contributed by atoms with Crippen LogP contribution in [0.1, 0.15) is 65.2 Å². The van der Waals surface area contributed by atoms with E-state index in [9.17, 15) is 0 Å². The second kappa shape index (κ2) is 6.91.